The summed E-state index contributed by atoms with van der Waals surface area (Å²) in [6, 6.07) is 3.53. The first-order valence-corrected chi connectivity index (χ1v) is 9.43. The lowest BCUT2D eigenvalue weighted by molar-refractivity contribution is -0.122. The molecule has 1 aromatic carbocycles. The number of amides is 1. The quantitative estimate of drug-likeness (QED) is 0.875. The first-order valence-electron chi connectivity index (χ1n) is 6.74. The summed E-state index contributed by atoms with van der Waals surface area (Å²) in [5.41, 5.74) is 7.25. The summed E-state index contributed by atoms with van der Waals surface area (Å²) in [5, 5.41) is 0. The number of benzene rings is 1. The smallest absolute Gasteiger partial charge is 0.220 e. The third-order valence-corrected chi connectivity index (χ3v) is 5.94. The van der Waals surface area contributed by atoms with Crippen molar-refractivity contribution in [3.05, 3.63) is 22.2 Å². The molecule has 1 aliphatic rings. The predicted octanol–water partition coefficient (Wildman–Crippen LogP) is 1.86. The van der Waals surface area contributed by atoms with Crippen molar-refractivity contribution in [2.45, 2.75) is 24.7 Å². The Morgan fingerprint density at radius 3 is 2.38 bits per heavy atom. The van der Waals surface area contributed by atoms with Gasteiger partial charge in [0.05, 0.1) is 4.90 Å². The van der Waals surface area contributed by atoms with Crippen molar-refractivity contribution in [2.75, 3.05) is 24.2 Å². The fraction of sp³-hybridized carbons (Fsp3) is 0.500. The Morgan fingerprint density at radius 2 is 1.90 bits per heavy atom. The number of nitrogens with zero attached hydrogens (tertiary/aromatic N) is 1. The van der Waals surface area contributed by atoms with Crippen molar-refractivity contribution in [3.8, 4) is 0 Å². The van der Waals surface area contributed by atoms with Crippen molar-refractivity contribution in [2.24, 2.45) is 11.7 Å². The number of carbonyl (C=O) groups is 1. The number of anilines is 1. The van der Waals surface area contributed by atoms with Crippen molar-refractivity contribution >= 4 is 37.4 Å². The van der Waals surface area contributed by atoms with Gasteiger partial charge >= 0.3 is 0 Å². The van der Waals surface area contributed by atoms with Gasteiger partial charge in [-0.05, 0) is 53.4 Å². The lowest BCUT2D eigenvalue weighted by Gasteiger charge is -2.33. The molecule has 1 aromatic rings. The van der Waals surface area contributed by atoms with Crippen LogP contribution in [-0.4, -0.2) is 33.7 Å². The van der Waals surface area contributed by atoms with E-state index in [0.717, 1.165) is 37.2 Å². The Labute approximate surface area is 133 Å². The first kappa shape index (κ1) is 16.3. The number of sulfone groups is 1. The van der Waals surface area contributed by atoms with Gasteiger partial charge < -0.3 is 10.6 Å². The molecule has 7 heteroatoms. The maximum atomic E-state index is 11.7. The molecule has 0 bridgehead atoms. The van der Waals surface area contributed by atoms with Crippen LogP contribution in [-0.2, 0) is 14.6 Å². The van der Waals surface area contributed by atoms with Crippen molar-refractivity contribution in [1.29, 1.82) is 0 Å². The molecule has 116 valence electrons. The number of rotatable bonds is 3. The molecule has 0 radical (unpaired) electrons. The lowest BCUT2D eigenvalue weighted by Crippen LogP contribution is -2.38. The summed E-state index contributed by atoms with van der Waals surface area (Å²) >= 11 is 3.34. The van der Waals surface area contributed by atoms with Crippen LogP contribution in [0.1, 0.15) is 18.4 Å². The van der Waals surface area contributed by atoms with Crippen LogP contribution in [0.25, 0.3) is 0 Å². The van der Waals surface area contributed by atoms with Gasteiger partial charge in [0.2, 0.25) is 5.91 Å². The van der Waals surface area contributed by atoms with Gasteiger partial charge in [0.1, 0.15) is 0 Å². The molecule has 0 saturated carbocycles. The zero-order valence-corrected chi connectivity index (χ0v) is 14.5. The summed E-state index contributed by atoms with van der Waals surface area (Å²) in [5.74, 6) is -0.291. The Kier molecular flexibility index (Phi) is 4.63. The number of primary amides is 1. The van der Waals surface area contributed by atoms with Crippen molar-refractivity contribution in [3.63, 3.8) is 0 Å². The second-order valence-electron chi connectivity index (χ2n) is 5.50. The molecule has 0 spiro atoms. The highest BCUT2D eigenvalue weighted by molar-refractivity contribution is 9.10. The van der Waals surface area contributed by atoms with Crippen LogP contribution < -0.4 is 10.6 Å². The second-order valence-corrected chi connectivity index (χ2v) is 8.34. The number of halogens is 1. The third-order valence-electron chi connectivity index (χ3n) is 3.89. The van der Waals surface area contributed by atoms with Crippen LogP contribution in [0.4, 0.5) is 5.69 Å². The van der Waals surface area contributed by atoms with Crippen LogP contribution in [0, 0.1) is 12.8 Å². The van der Waals surface area contributed by atoms with E-state index in [9.17, 15) is 13.2 Å². The molecule has 0 aromatic heterocycles. The Balaban J connectivity index is 2.27. The molecule has 5 nitrogen and oxygen atoms in total. The predicted molar refractivity (Wildman–Crippen MR) is 86.1 cm³/mol. The summed E-state index contributed by atoms with van der Waals surface area (Å²) in [7, 11) is -3.25. The van der Waals surface area contributed by atoms with E-state index in [4.69, 9.17) is 5.73 Å². The number of hydrogen-bond donors (Lipinski definition) is 1. The molecular weight excluding hydrogens is 356 g/mol. The maximum absolute atomic E-state index is 11.7. The normalized spacial score (nSPS) is 17.0. The molecule has 1 aliphatic heterocycles. The van der Waals surface area contributed by atoms with Gasteiger partial charge in [0, 0.05) is 35.4 Å². The molecular formula is C14H19BrN2O3S. The first-order chi connectivity index (χ1) is 9.70. The highest BCUT2D eigenvalue weighted by atomic mass is 79.9. The summed E-state index contributed by atoms with van der Waals surface area (Å²) in [6.07, 6.45) is 2.67. The Morgan fingerprint density at radius 1 is 1.33 bits per heavy atom. The van der Waals surface area contributed by atoms with Gasteiger partial charge in [0.15, 0.2) is 9.84 Å². The topological polar surface area (TPSA) is 80.5 Å². The number of hydrogen-bond acceptors (Lipinski definition) is 4. The van der Waals surface area contributed by atoms with E-state index in [-0.39, 0.29) is 11.8 Å². The van der Waals surface area contributed by atoms with Gasteiger partial charge in [0.25, 0.3) is 0 Å². The Bertz CT molecular complexity index is 665. The molecule has 2 N–H and O–H groups in total. The molecule has 1 fully saturated rings. The zero-order valence-electron chi connectivity index (χ0n) is 12.1. The van der Waals surface area contributed by atoms with Crippen LogP contribution in [0.2, 0.25) is 0 Å². The van der Waals surface area contributed by atoms with Gasteiger partial charge in [-0.15, -0.1) is 0 Å². The minimum atomic E-state index is -3.25. The Hall–Kier alpha value is -1.08. The summed E-state index contributed by atoms with van der Waals surface area (Å²) in [6.45, 7) is 3.40. The molecule has 2 rings (SSSR count). The molecule has 0 aliphatic carbocycles. The van der Waals surface area contributed by atoms with E-state index in [0.29, 0.717) is 9.37 Å². The summed E-state index contributed by atoms with van der Waals surface area (Å²) in [4.78, 5) is 13.7. The van der Waals surface area contributed by atoms with E-state index in [2.05, 4.69) is 20.8 Å². The average molecular weight is 375 g/mol. The molecule has 0 unspecified atom stereocenters. The van der Waals surface area contributed by atoms with E-state index in [1.165, 1.54) is 6.26 Å². The van der Waals surface area contributed by atoms with Crippen molar-refractivity contribution < 1.29 is 13.2 Å². The van der Waals surface area contributed by atoms with Gasteiger partial charge in [-0.3, -0.25) is 4.79 Å². The molecule has 21 heavy (non-hydrogen) atoms. The number of nitrogens with two attached hydrogens (primary N) is 1. The number of aryl methyl sites for hydroxylation is 1. The lowest BCUT2D eigenvalue weighted by atomic mass is 9.95. The van der Waals surface area contributed by atoms with Crippen LogP contribution in [0.15, 0.2) is 21.5 Å². The highest BCUT2D eigenvalue weighted by Crippen LogP contribution is 2.33. The molecule has 1 amide bonds. The molecule has 1 heterocycles. The van der Waals surface area contributed by atoms with E-state index in [1.807, 2.05) is 13.0 Å². The van der Waals surface area contributed by atoms with E-state index < -0.39 is 9.84 Å². The second kappa shape index (κ2) is 5.96. The molecule has 1 saturated heterocycles. The molecule has 0 atom stereocenters. The van der Waals surface area contributed by atoms with Gasteiger partial charge in [-0.1, -0.05) is 0 Å². The number of piperidine rings is 1. The monoisotopic (exact) mass is 374 g/mol. The van der Waals surface area contributed by atoms with Gasteiger partial charge in [-0.2, -0.15) is 0 Å². The van der Waals surface area contributed by atoms with Crippen LogP contribution in [0.3, 0.4) is 0 Å². The van der Waals surface area contributed by atoms with Crippen molar-refractivity contribution in [1.82, 2.24) is 0 Å². The third kappa shape index (κ3) is 3.58. The maximum Gasteiger partial charge on any atom is 0.220 e. The largest absolute Gasteiger partial charge is 0.371 e. The minimum absolute atomic E-state index is 0.0553. The van der Waals surface area contributed by atoms with Crippen LogP contribution >= 0.6 is 15.9 Å². The minimum Gasteiger partial charge on any atom is -0.371 e. The van der Waals surface area contributed by atoms with Gasteiger partial charge in [-0.25, -0.2) is 8.42 Å². The van der Waals surface area contributed by atoms with E-state index >= 15 is 0 Å². The number of carbonyl (C=O) groups excluding carboxylic acids is 1. The zero-order chi connectivity index (χ0) is 15.8. The van der Waals surface area contributed by atoms with Crippen LogP contribution in [0.5, 0.6) is 0 Å². The fourth-order valence-electron chi connectivity index (χ4n) is 2.67. The average Bonchev–Trinajstić information content (AvgIpc) is 2.40. The fourth-order valence-corrected chi connectivity index (χ4v) is 4.69. The standard InChI is InChI=1S/C14H19BrN2O3S/c1-9-7-13(21(2,19)20)11(15)8-12(9)17-5-3-10(4-6-17)14(16)18/h7-8,10H,3-6H2,1-2H3,(H2,16,18). The highest BCUT2D eigenvalue weighted by Gasteiger charge is 2.25. The SMILES string of the molecule is Cc1cc(S(C)(=O)=O)c(Br)cc1N1CCC(C(N)=O)CC1. The summed E-state index contributed by atoms with van der Waals surface area (Å²) < 4.78 is 24.0. The van der Waals surface area contributed by atoms with E-state index in [1.54, 1.807) is 6.07 Å².